The van der Waals surface area contributed by atoms with Crippen LogP contribution in [0, 0.1) is 0 Å². The fourth-order valence-electron chi connectivity index (χ4n) is 1.32. The fourth-order valence-corrected chi connectivity index (χ4v) is 1.32. The van der Waals surface area contributed by atoms with Crippen LogP contribution in [0.1, 0.15) is 6.42 Å². The van der Waals surface area contributed by atoms with Crippen molar-refractivity contribution in [1.82, 2.24) is 0 Å². The smallest absolute Gasteiger partial charge is 0.264 e. The zero-order valence-electron chi connectivity index (χ0n) is 7.63. The number of hydrogen-bond acceptors (Lipinski definition) is 3. The highest BCUT2D eigenvalue weighted by molar-refractivity contribution is 6.00. The summed E-state index contributed by atoms with van der Waals surface area (Å²) in [7, 11) is 0. The van der Waals surface area contributed by atoms with Gasteiger partial charge in [-0.3, -0.25) is 4.79 Å². The van der Waals surface area contributed by atoms with Gasteiger partial charge < -0.3 is 5.73 Å². The summed E-state index contributed by atoms with van der Waals surface area (Å²) >= 11 is 0. The summed E-state index contributed by atoms with van der Waals surface area (Å²) in [6, 6.07) is 8.80. The Kier molecular flexibility index (Phi) is 2.28. The summed E-state index contributed by atoms with van der Waals surface area (Å²) in [4.78, 5) is 11.6. The standard InChI is InChI=1S/C10H11N3O/c11-9-6-7-12-13(10(9)14)8-4-2-1-3-5-8/h1-5,7,9H,6,11H2. The minimum absolute atomic E-state index is 0.154. The number of nitrogens with two attached hydrogens (primary N) is 1. The normalized spacial score (nSPS) is 21.4. The summed E-state index contributed by atoms with van der Waals surface area (Å²) in [5, 5.41) is 5.35. The van der Waals surface area contributed by atoms with Gasteiger partial charge in [-0.1, -0.05) is 18.2 Å². The summed E-state index contributed by atoms with van der Waals surface area (Å²) < 4.78 is 0. The van der Waals surface area contributed by atoms with Crippen LogP contribution in [0.3, 0.4) is 0 Å². The summed E-state index contributed by atoms with van der Waals surface area (Å²) in [6.07, 6.45) is 2.18. The van der Waals surface area contributed by atoms with Crippen LogP contribution >= 0.6 is 0 Å². The van der Waals surface area contributed by atoms with E-state index in [-0.39, 0.29) is 5.91 Å². The van der Waals surface area contributed by atoms with Gasteiger partial charge in [0.25, 0.3) is 5.91 Å². The van der Waals surface area contributed by atoms with Gasteiger partial charge in [-0.05, 0) is 12.1 Å². The van der Waals surface area contributed by atoms with Crippen LogP contribution < -0.4 is 10.7 Å². The molecular formula is C10H11N3O. The van der Waals surface area contributed by atoms with Crippen LogP contribution in [0.4, 0.5) is 5.69 Å². The Morgan fingerprint density at radius 3 is 2.79 bits per heavy atom. The van der Waals surface area contributed by atoms with E-state index in [1.54, 1.807) is 6.21 Å². The van der Waals surface area contributed by atoms with Gasteiger partial charge in [0.2, 0.25) is 0 Å². The number of hydrogen-bond donors (Lipinski definition) is 1. The Balaban J connectivity index is 2.31. The van der Waals surface area contributed by atoms with E-state index < -0.39 is 6.04 Å². The van der Waals surface area contributed by atoms with Gasteiger partial charge in [-0.2, -0.15) is 10.1 Å². The number of benzene rings is 1. The van der Waals surface area contributed by atoms with Gasteiger partial charge in [-0.15, -0.1) is 0 Å². The predicted octanol–water partition coefficient (Wildman–Crippen LogP) is 0.736. The van der Waals surface area contributed by atoms with Crippen LogP contribution in [-0.4, -0.2) is 18.2 Å². The van der Waals surface area contributed by atoms with E-state index in [9.17, 15) is 4.79 Å². The van der Waals surface area contributed by atoms with E-state index in [0.717, 1.165) is 5.69 Å². The molecule has 0 radical (unpaired) electrons. The van der Waals surface area contributed by atoms with E-state index >= 15 is 0 Å². The van der Waals surface area contributed by atoms with Gasteiger partial charge in [0, 0.05) is 12.6 Å². The predicted molar refractivity (Wildman–Crippen MR) is 55.0 cm³/mol. The molecule has 0 saturated carbocycles. The van der Waals surface area contributed by atoms with Crippen LogP contribution in [0.25, 0.3) is 0 Å². The lowest BCUT2D eigenvalue weighted by atomic mass is 10.2. The molecule has 0 aromatic heterocycles. The number of nitrogens with zero attached hydrogens (tertiary/aromatic N) is 2. The van der Waals surface area contributed by atoms with E-state index in [0.29, 0.717) is 6.42 Å². The lowest BCUT2D eigenvalue weighted by molar-refractivity contribution is -0.119. The SMILES string of the molecule is NC1CC=NN(c2ccccc2)C1=O. The van der Waals surface area contributed by atoms with Crippen molar-refractivity contribution in [2.24, 2.45) is 10.8 Å². The first-order chi connectivity index (χ1) is 6.79. The Labute approximate surface area is 82.0 Å². The average Bonchev–Trinajstić information content (AvgIpc) is 2.23. The van der Waals surface area contributed by atoms with Crippen LogP contribution in [0.5, 0.6) is 0 Å². The van der Waals surface area contributed by atoms with Crippen molar-refractivity contribution in [3.63, 3.8) is 0 Å². The number of hydrazone groups is 1. The molecule has 72 valence electrons. The van der Waals surface area contributed by atoms with Crippen molar-refractivity contribution in [2.45, 2.75) is 12.5 Å². The largest absolute Gasteiger partial charge is 0.320 e. The molecule has 1 unspecified atom stereocenters. The highest BCUT2D eigenvalue weighted by atomic mass is 16.2. The molecule has 0 saturated heterocycles. The zero-order chi connectivity index (χ0) is 9.97. The second-order valence-corrected chi connectivity index (χ2v) is 3.13. The quantitative estimate of drug-likeness (QED) is 0.708. The summed E-state index contributed by atoms with van der Waals surface area (Å²) in [5.41, 5.74) is 6.38. The molecule has 1 aromatic rings. The molecule has 0 aliphatic carbocycles. The molecule has 4 heteroatoms. The monoisotopic (exact) mass is 189 g/mol. The van der Waals surface area contributed by atoms with Gasteiger partial charge in [0.15, 0.2) is 0 Å². The Morgan fingerprint density at radius 2 is 2.07 bits per heavy atom. The minimum atomic E-state index is -0.465. The minimum Gasteiger partial charge on any atom is -0.320 e. The first-order valence-corrected chi connectivity index (χ1v) is 4.46. The number of para-hydroxylation sites is 1. The van der Waals surface area contributed by atoms with Gasteiger partial charge in [0.1, 0.15) is 0 Å². The molecule has 4 nitrogen and oxygen atoms in total. The van der Waals surface area contributed by atoms with Gasteiger partial charge in [0.05, 0.1) is 11.7 Å². The maximum Gasteiger partial charge on any atom is 0.264 e. The van der Waals surface area contributed by atoms with Crippen LogP contribution in [0.2, 0.25) is 0 Å². The molecule has 2 rings (SSSR count). The molecule has 14 heavy (non-hydrogen) atoms. The van der Waals surface area contributed by atoms with Crippen LogP contribution in [-0.2, 0) is 4.79 Å². The van der Waals surface area contributed by atoms with Crippen molar-refractivity contribution in [2.75, 3.05) is 5.01 Å². The highest BCUT2D eigenvalue weighted by Gasteiger charge is 2.24. The molecule has 1 atom stereocenters. The van der Waals surface area contributed by atoms with Crippen molar-refractivity contribution < 1.29 is 4.79 Å². The maximum absolute atomic E-state index is 11.6. The van der Waals surface area contributed by atoms with Gasteiger partial charge >= 0.3 is 0 Å². The topological polar surface area (TPSA) is 58.7 Å². The molecule has 1 aromatic carbocycles. The van der Waals surface area contributed by atoms with E-state index in [1.165, 1.54) is 5.01 Å². The maximum atomic E-state index is 11.6. The third-order valence-electron chi connectivity index (χ3n) is 2.08. The lowest BCUT2D eigenvalue weighted by Crippen LogP contribution is -2.44. The number of amides is 1. The number of carbonyl (C=O) groups is 1. The third kappa shape index (κ3) is 1.52. The Hall–Kier alpha value is -1.68. The Morgan fingerprint density at radius 1 is 1.36 bits per heavy atom. The third-order valence-corrected chi connectivity index (χ3v) is 2.08. The molecular weight excluding hydrogens is 178 g/mol. The second-order valence-electron chi connectivity index (χ2n) is 3.13. The average molecular weight is 189 g/mol. The van der Waals surface area contributed by atoms with Crippen molar-refractivity contribution in [3.05, 3.63) is 30.3 Å². The van der Waals surface area contributed by atoms with E-state index in [1.807, 2.05) is 30.3 Å². The highest BCUT2D eigenvalue weighted by Crippen LogP contribution is 2.16. The first kappa shape index (κ1) is 8.90. The lowest BCUT2D eigenvalue weighted by Gasteiger charge is -2.23. The van der Waals surface area contributed by atoms with Crippen molar-refractivity contribution >= 4 is 17.8 Å². The molecule has 2 N–H and O–H groups in total. The summed E-state index contributed by atoms with van der Waals surface area (Å²) in [5.74, 6) is -0.154. The van der Waals surface area contributed by atoms with E-state index in [2.05, 4.69) is 5.10 Å². The number of carbonyl (C=O) groups excluding carboxylic acids is 1. The summed E-state index contributed by atoms with van der Waals surface area (Å²) in [6.45, 7) is 0. The van der Waals surface area contributed by atoms with Crippen LogP contribution in [0.15, 0.2) is 35.4 Å². The first-order valence-electron chi connectivity index (χ1n) is 4.46. The molecule has 1 aliphatic heterocycles. The second kappa shape index (κ2) is 3.59. The van der Waals surface area contributed by atoms with E-state index in [4.69, 9.17) is 5.73 Å². The molecule has 1 aliphatic rings. The molecule has 0 bridgehead atoms. The molecule has 0 fully saturated rings. The molecule has 1 amide bonds. The zero-order valence-corrected chi connectivity index (χ0v) is 7.63. The Bertz CT molecular complexity index is 361. The fraction of sp³-hybridized carbons (Fsp3) is 0.200. The van der Waals surface area contributed by atoms with Crippen molar-refractivity contribution in [1.29, 1.82) is 0 Å². The molecule has 0 spiro atoms. The number of anilines is 1. The van der Waals surface area contributed by atoms with Crippen molar-refractivity contribution in [3.8, 4) is 0 Å². The molecule has 1 heterocycles. The van der Waals surface area contributed by atoms with Gasteiger partial charge in [-0.25, -0.2) is 0 Å². The number of rotatable bonds is 1.